The van der Waals surface area contributed by atoms with Crippen LogP contribution in [0.15, 0.2) is 0 Å². The molecule has 21 heavy (non-hydrogen) atoms. The van der Waals surface area contributed by atoms with Crippen LogP contribution in [0.1, 0.15) is 32.1 Å². The Morgan fingerprint density at radius 1 is 1.29 bits per heavy atom. The zero-order valence-corrected chi connectivity index (χ0v) is 12.0. The molecule has 4 atom stereocenters. The predicted molar refractivity (Wildman–Crippen MR) is 65.9 cm³/mol. The third kappa shape index (κ3) is 3.88. The van der Waals surface area contributed by atoms with E-state index in [0.29, 0.717) is 12.3 Å². The van der Waals surface area contributed by atoms with Crippen molar-refractivity contribution < 1.29 is 35.7 Å². The molecule has 4 unspecified atom stereocenters. The first kappa shape index (κ1) is 16.5. The fraction of sp³-hybridized carbons (Fsp3) is 0.917. The highest BCUT2D eigenvalue weighted by atomic mass is 32.2. The van der Waals surface area contributed by atoms with Crippen molar-refractivity contribution >= 4 is 16.1 Å². The first-order chi connectivity index (χ1) is 9.59. The quantitative estimate of drug-likeness (QED) is 0.617. The van der Waals surface area contributed by atoms with E-state index in [9.17, 15) is 26.4 Å². The van der Waals surface area contributed by atoms with Gasteiger partial charge in [0.05, 0.1) is 12.5 Å². The summed E-state index contributed by atoms with van der Waals surface area (Å²) in [5.41, 5.74) is 0. The molecule has 2 bridgehead atoms. The molecule has 5 nitrogen and oxygen atoms in total. The summed E-state index contributed by atoms with van der Waals surface area (Å²) in [6.45, 7) is -0.670. The Labute approximate surface area is 120 Å². The normalized spacial score (nSPS) is 30.4. The van der Waals surface area contributed by atoms with Gasteiger partial charge in [-0.2, -0.15) is 21.6 Å². The van der Waals surface area contributed by atoms with Gasteiger partial charge in [-0.15, -0.1) is 0 Å². The van der Waals surface area contributed by atoms with E-state index in [1.807, 2.05) is 0 Å². The Morgan fingerprint density at radius 3 is 2.38 bits per heavy atom. The monoisotopic (exact) mass is 330 g/mol. The first-order valence-electron chi connectivity index (χ1n) is 6.78. The summed E-state index contributed by atoms with van der Waals surface area (Å²) in [5, 5.41) is -2.92. The summed E-state index contributed by atoms with van der Waals surface area (Å²) in [4.78, 5) is 11.8. The summed E-state index contributed by atoms with van der Waals surface area (Å²) < 4.78 is 72.2. The van der Waals surface area contributed by atoms with Crippen molar-refractivity contribution in [3.63, 3.8) is 0 Å². The Hall–Kier alpha value is -0.830. The summed E-state index contributed by atoms with van der Waals surface area (Å²) in [5.74, 6) is -0.104. The number of ether oxygens (including phenoxy) is 1. The molecule has 0 aromatic carbocycles. The molecule has 0 aromatic rings. The van der Waals surface area contributed by atoms with Crippen molar-refractivity contribution in [3.8, 4) is 0 Å². The highest BCUT2D eigenvalue weighted by Gasteiger charge is 2.48. The number of carbonyl (C=O) groups excluding carboxylic acids is 1. The average Bonchev–Trinajstić information content (AvgIpc) is 2.92. The van der Waals surface area contributed by atoms with Crippen LogP contribution in [0.4, 0.5) is 13.2 Å². The van der Waals surface area contributed by atoms with Crippen LogP contribution in [0.2, 0.25) is 0 Å². The van der Waals surface area contributed by atoms with Crippen LogP contribution >= 0.6 is 0 Å². The average molecular weight is 330 g/mol. The second kappa shape index (κ2) is 5.75. The summed E-state index contributed by atoms with van der Waals surface area (Å²) in [6.07, 6.45) is -2.42. The van der Waals surface area contributed by atoms with Gasteiger partial charge < -0.3 is 4.74 Å². The maximum atomic E-state index is 12.5. The topological polar surface area (TPSA) is 80.7 Å². The first-order valence-corrected chi connectivity index (χ1v) is 8.29. The molecular weight excluding hydrogens is 313 g/mol. The van der Waals surface area contributed by atoms with Gasteiger partial charge in [0.1, 0.15) is 0 Å². The van der Waals surface area contributed by atoms with Crippen LogP contribution in [0.5, 0.6) is 0 Å². The number of carbonyl (C=O) groups is 1. The number of hydrogen-bond donors (Lipinski definition) is 1. The van der Waals surface area contributed by atoms with E-state index in [-0.39, 0.29) is 11.8 Å². The van der Waals surface area contributed by atoms with Crippen molar-refractivity contribution in [2.24, 2.45) is 17.8 Å². The number of fused-ring (bicyclic) bond motifs is 2. The number of hydrogen-bond acceptors (Lipinski definition) is 4. The minimum absolute atomic E-state index is 0.238. The third-order valence-corrected chi connectivity index (χ3v) is 5.61. The highest BCUT2D eigenvalue weighted by molar-refractivity contribution is 7.86. The van der Waals surface area contributed by atoms with Crippen LogP contribution in [0, 0.1) is 17.8 Å². The van der Waals surface area contributed by atoms with Crippen LogP contribution in [0.25, 0.3) is 0 Å². The van der Waals surface area contributed by atoms with Crippen molar-refractivity contribution in [1.82, 2.24) is 0 Å². The smallest absolute Gasteiger partial charge is 0.407 e. The number of alkyl halides is 3. The summed E-state index contributed by atoms with van der Waals surface area (Å²) in [7, 11) is -5.26. The Bertz CT molecular complexity index is 502. The van der Waals surface area contributed by atoms with Crippen LogP contribution in [0.3, 0.4) is 0 Å². The molecule has 2 saturated carbocycles. The van der Waals surface area contributed by atoms with Gasteiger partial charge in [0, 0.05) is 6.42 Å². The lowest BCUT2D eigenvalue weighted by Crippen LogP contribution is -2.37. The molecule has 2 rings (SSSR count). The molecule has 122 valence electrons. The van der Waals surface area contributed by atoms with Crippen molar-refractivity contribution in [2.75, 3.05) is 6.61 Å². The molecule has 0 heterocycles. The molecule has 2 aliphatic rings. The van der Waals surface area contributed by atoms with Gasteiger partial charge in [-0.05, 0) is 31.1 Å². The lowest BCUT2D eigenvalue weighted by Gasteiger charge is -2.21. The maximum absolute atomic E-state index is 12.5. The van der Waals surface area contributed by atoms with Crippen LogP contribution in [-0.4, -0.2) is 37.0 Å². The molecule has 0 aromatic heterocycles. The molecule has 2 aliphatic carbocycles. The molecule has 0 radical (unpaired) electrons. The molecule has 1 N–H and O–H groups in total. The van der Waals surface area contributed by atoms with Gasteiger partial charge in [-0.25, -0.2) is 0 Å². The molecule has 0 amide bonds. The van der Waals surface area contributed by atoms with Crippen molar-refractivity contribution in [1.29, 1.82) is 0 Å². The van der Waals surface area contributed by atoms with Gasteiger partial charge in [0.25, 0.3) is 10.1 Å². The second-order valence-corrected chi connectivity index (χ2v) is 7.38. The summed E-state index contributed by atoms with van der Waals surface area (Å²) in [6, 6.07) is 0. The van der Waals surface area contributed by atoms with Crippen molar-refractivity contribution in [3.05, 3.63) is 0 Å². The SMILES string of the molecule is O=C(OCCC(C(F)(F)F)S(=O)(=O)O)C1CC2CCC1C2. The lowest BCUT2D eigenvalue weighted by molar-refractivity contribution is -0.154. The van der Waals surface area contributed by atoms with E-state index in [2.05, 4.69) is 0 Å². The maximum Gasteiger partial charge on any atom is 0.407 e. The second-order valence-electron chi connectivity index (χ2n) is 5.78. The lowest BCUT2D eigenvalue weighted by atomic mass is 9.89. The zero-order chi connectivity index (χ0) is 15.8. The van der Waals surface area contributed by atoms with Crippen molar-refractivity contribution in [2.45, 2.75) is 43.5 Å². The van der Waals surface area contributed by atoms with E-state index in [4.69, 9.17) is 9.29 Å². The molecule has 0 spiro atoms. The number of halogens is 3. The molecule has 0 aliphatic heterocycles. The molecular formula is C12H17F3O5S. The van der Waals surface area contributed by atoms with Gasteiger partial charge in [0.2, 0.25) is 0 Å². The van der Waals surface area contributed by atoms with E-state index < -0.39 is 40.5 Å². The van der Waals surface area contributed by atoms with Crippen LogP contribution in [-0.2, 0) is 19.6 Å². The predicted octanol–water partition coefficient (Wildman–Crippen LogP) is 2.17. The van der Waals surface area contributed by atoms with E-state index in [1.165, 1.54) is 0 Å². The highest BCUT2D eigenvalue weighted by Crippen LogP contribution is 2.48. The molecule has 9 heteroatoms. The minimum Gasteiger partial charge on any atom is -0.465 e. The number of esters is 1. The van der Waals surface area contributed by atoms with Gasteiger partial charge >= 0.3 is 12.1 Å². The van der Waals surface area contributed by atoms with Gasteiger partial charge in [-0.1, -0.05) is 6.42 Å². The van der Waals surface area contributed by atoms with Gasteiger partial charge in [-0.3, -0.25) is 9.35 Å². The fourth-order valence-electron chi connectivity index (χ4n) is 3.39. The van der Waals surface area contributed by atoms with E-state index in [0.717, 1.165) is 19.3 Å². The largest absolute Gasteiger partial charge is 0.465 e. The number of rotatable bonds is 5. The third-order valence-electron chi connectivity index (χ3n) is 4.39. The Kier molecular flexibility index (Phi) is 4.53. The Morgan fingerprint density at radius 2 is 1.95 bits per heavy atom. The summed E-state index contributed by atoms with van der Waals surface area (Å²) >= 11 is 0. The fourth-order valence-corrected chi connectivity index (χ4v) is 4.12. The molecule has 2 fully saturated rings. The standard InChI is InChI=1S/C12H17F3O5S/c13-12(14,15)10(21(17,18)19)3-4-20-11(16)9-6-7-1-2-8(9)5-7/h7-10H,1-6H2,(H,17,18,19). The zero-order valence-electron chi connectivity index (χ0n) is 11.2. The molecule has 0 saturated heterocycles. The minimum atomic E-state index is -5.26. The van der Waals surface area contributed by atoms with Crippen LogP contribution < -0.4 is 0 Å². The Balaban J connectivity index is 1.84. The van der Waals surface area contributed by atoms with Gasteiger partial charge in [0.15, 0.2) is 5.25 Å². The van der Waals surface area contributed by atoms with E-state index in [1.54, 1.807) is 0 Å². The van der Waals surface area contributed by atoms with E-state index >= 15 is 0 Å².